The second-order valence-corrected chi connectivity index (χ2v) is 5.89. The molecule has 0 fully saturated rings. The third kappa shape index (κ3) is 2.60. The molecular formula is C17H12N4OS. The number of benzene rings is 1. The van der Waals surface area contributed by atoms with Crippen LogP contribution >= 0.6 is 11.3 Å². The summed E-state index contributed by atoms with van der Waals surface area (Å²) in [4.78, 5) is 25.0. The van der Waals surface area contributed by atoms with Crippen LogP contribution in [0.5, 0.6) is 0 Å². The summed E-state index contributed by atoms with van der Waals surface area (Å²) in [6, 6.07) is 15.3. The van der Waals surface area contributed by atoms with Crippen LogP contribution in [0.1, 0.15) is 0 Å². The van der Waals surface area contributed by atoms with Crippen LogP contribution in [-0.2, 0) is 0 Å². The highest BCUT2D eigenvalue weighted by molar-refractivity contribution is 7.13. The molecule has 3 heterocycles. The molecule has 2 N–H and O–H groups in total. The van der Waals surface area contributed by atoms with Crippen molar-refractivity contribution in [2.75, 3.05) is 5.32 Å². The van der Waals surface area contributed by atoms with Gasteiger partial charge < -0.3 is 5.32 Å². The first-order valence-corrected chi connectivity index (χ1v) is 7.94. The number of nitrogens with one attached hydrogen (secondary N) is 2. The maximum Gasteiger partial charge on any atom is 0.262 e. The molecule has 3 aromatic heterocycles. The van der Waals surface area contributed by atoms with Gasteiger partial charge in [0.1, 0.15) is 0 Å². The third-order valence-corrected chi connectivity index (χ3v) is 4.33. The highest BCUT2D eigenvalue weighted by Gasteiger charge is 2.12. The molecule has 0 unspecified atom stereocenters. The smallest absolute Gasteiger partial charge is 0.262 e. The molecule has 112 valence electrons. The van der Waals surface area contributed by atoms with Gasteiger partial charge >= 0.3 is 0 Å². The average molecular weight is 320 g/mol. The number of thiophene rings is 1. The minimum atomic E-state index is -0.204. The summed E-state index contributed by atoms with van der Waals surface area (Å²) in [6.45, 7) is 0. The van der Waals surface area contributed by atoms with E-state index in [4.69, 9.17) is 0 Å². The Labute approximate surface area is 135 Å². The van der Waals surface area contributed by atoms with Gasteiger partial charge in [0.05, 0.1) is 5.39 Å². The first kappa shape index (κ1) is 13.7. The number of aromatic amines is 1. The Morgan fingerprint density at radius 2 is 1.91 bits per heavy atom. The van der Waals surface area contributed by atoms with Gasteiger partial charge in [-0.15, -0.1) is 11.3 Å². The van der Waals surface area contributed by atoms with E-state index in [1.807, 2.05) is 53.9 Å². The first-order chi connectivity index (χ1) is 11.3. The Balaban J connectivity index is 1.85. The topological polar surface area (TPSA) is 70.7 Å². The minimum Gasteiger partial charge on any atom is -0.326 e. The fourth-order valence-corrected chi connectivity index (χ4v) is 3.18. The monoisotopic (exact) mass is 320 g/mol. The Hall–Kier alpha value is -2.99. The zero-order valence-electron chi connectivity index (χ0n) is 12.0. The van der Waals surface area contributed by atoms with Crippen LogP contribution in [0.25, 0.3) is 21.5 Å². The van der Waals surface area contributed by atoms with Gasteiger partial charge in [-0.1, -0.05) is 24.3 Å². The van der Waals surface area contributed by atoms with Crippen LogP contribution in [0.2, 0.25) is 0 Å². The summed E-state index contributed by atoms with van der Waals surface area (Å²) in [5.41, 5.74) is 1.93. The Morgan fingerprint density at radius 1 is 1.04 bits per heavy atom. The quantitative estimate of drug-likeness (QED) is 0.602. The largest absolute Gasteiger partial charge is 0.326 e. The van der Waals surface area contributed by atoms with Crippen LogP contribution in [-0.4, -0.2) is 15.0 Å². The summed E-state index contributed by atoms with van der Waals surface area (Å²) in [6.07, 6.45) is 1.68. The van der Waals surface area contributed by atoms with Crippen molar-refractivity contribution in [2.24, 2.45) is 0 Å². The second-order valence-electron chi connectivity index (χ2n) is 4.94. The molecule has 0 aliphatic carbocycles. The summed E-state index contributed by atoms with van der Waals surface area (Å²) in [5, 5.41) is 5.58. The molecular weight excluding hydrogens is 308 g/mol. The van der Waals surface area contributed by atoms with Crippen molar-refractivity contribution >= 4 is 34.0 Å². The lowest BCUT2D eigenvalue weighted by molar-refractivity contribution is 1.14. The first-order valence-electron chi connectivity index (χ1n) is 7.06. The van der Waals surface area contributed by atoms with E-state index in [1.165, 1.54) is 0 Å². The molecule has 5 nitrogen and oxygen atoms in total. The van der Waals surface area contributed by atoms with Crippen molar-refractivity contribution in [1.29, 1.82) is 0 Å². The summed E-state index contributed by atoms with van der Waals surface area (Å²) in [7, 11) is 0. The number of para-hydroxylation sites is 1. The highest BCUT2D eigenvalue weighted by atomic mass is 32.1. The predicted octanol–water partition coefficient (Wildman–Crippen LogP) is 3.79. The normalized spacial score (nSPS) is 10.8. The minimum absolute atomic E-state index is 0.204. The molecule has 0 bridgehead atoms. The van der Waals surface area contributed by atoms with E-state index < -0.39 is 0 Å². The molecule has 4 rings (SSSR count). The molecule has 0 saturated heterocycles. The van der Waals surface area contributed by atoms with Crippen LogP contribution in [0.15, 0.2) is 64.9 Å². The third-order valence-electron chi connectivity index (χ3n) is 3.43. The number of hydrogen-bond donors (Lipinski definition) is 2. The zero-order chi connectivity index (χ0) is 15.6. The second kappa shape index (κ2) is 5.66. The van der Waals surface area contributed by atoms with Gasteiger partial charge in [0.25, 0.3) is 5.56 Å². The molecule has 0 radical (unpaired) electrons. The lowest BCUT2D eigenvalue weighted by Crippen LogP contribution is -2.12. The maximum absolute atomic E-state index is 12.5. The fraction of sp³-hybridized carbons (Fsp3) is 0. The lowest BCUT2D eigenvalue weighted by atomic mass is 10.1. The molecule has 4 aromatic rings. The molecule has 0 aliphatic rings. The molecule has 0 aliphatic heterocycles. The summed E-state index contributed by atoms with van der Waals surface area (Å²) < 4.78 is 0. The van der Waals surface area contributed by atoms with E-state index in [2.05, 4.69) is 20.3 Å². The van der Waals surface area contributed by atoms with Gasteiger partial charge in [-0.2, -0.15) is 4.98 Å². The number of H-pyrrole nitrogens is 1. The number of pyridine rings is 1. The molecule has 6 heteroatoms. The van der Waals surface area contributed by atoms with Crippen molar-refractivity contribution < 1.29 is 0 Å². The van der Waals surface area contributed by atoms with Gasteiger partial charge in [-0.3, -0.25) is 9.78 Å². The summed E-state index contributed by atoms with van der Waals surface area (Å²) in [5.74, 6) is 0.379. The predicted molar refractivity (Wildman–Crippen MR) is 93.2 cm³/mol. The Kier molecular flexibility index (Phi) is 3.36. The van der Waals surface area contributed by atoms with E-state index in [0.29, 0.717) is 17.0 Å². The van der Waals surface area contributed by atoms with Gasteiger partial charge in [0, 0.05) is 22.3 Å². The van der Waals surface area contributed by atoms with Crippen molar-refractivity contribution in [3.05, 3.63) is 70.5 Å². The number of aromatic nitrogens is 3. The number of fused-ring (bicyclic) bond motifs is 1. The maximum atomic E-state index is 12.5. The van der Waals surface area contributed by atoms with Crippen molar-refractivity contribution in [3.63, 3.8) is 0 Å². The number of rotatable bonds is 3. The van der Waals surface area contributed by atoms with E-state index in [-0.39, 0.29) is 5.56 Å². The zero-order valence-corrected chi connectivity index (χ0v) is 12.8. The SMILES string of the molecule is O=c1[nH]c(Nc2ccccc2)nc2nccc(-c3cccs3)c12. The molecule has 0 saturated carbocycles. The van der Waals surface area contributed by atoms with Gasteiger partial charge in [-0.05, 0) is 29.6 Å². The van der Waals surface area contributed by atoms with Gasteiger partial charge in [0.2, 0.25) is 5.95 Å². The molecule has 23 heavy (non-hydrogen) atoms. The van der Waals surface area contributed by atoms with Crippen LogP contribution in [0.3, 0.4) is 0 Å². The summed E-state index contributed by atoms with van der Waals surface area (Å²) >= 11 is 1.58. The highest BCUT2D eigenvalue weighted by Crippen LogP contribution is 2.28. The number of anilines is 2. The van der Waals surface area contributed by atoms with E-state index in [9.17, 15) is 4.79 Å². The van der Waals surface area contributed by atoms with Crippen molar-refractivity contribution in [1.82, 2.24) is 15.0 Å². The Morgan fingerprint density at radius 3 is 2.70 bits per heavy atom. The Bertz CT molecular complexity index is 1010. The van der Waals surface area contributed by atoms with E-state index in [1.54, 1.807) is 17.5 Å². The molecule has 0 amide bonds. The van der Waals surface area contributed by atoms with Gasteiger partial charge in [-0.25, -0.2) is 4.98 Å². The van der Waals surface area contributed by atoms with Crippen molar-refractivity contribution in [3.8, 4) is 10.4 Å². The van der Waals surface area contributed by atoms with E-state index >= 15 is 0 Å². The molecule has 0 atom stereocenters. The van der Waals surface area contributed by atoms with Crippen LogP contribution < -0.4 is 10.9 Å². The van der Waals surface area contributed by atoms with Crippen LogP contribution in [0.4, 0.5) is 11.6 Å². The van der Waals surface area contributed by atoms with Crippen LogP contribution in [0, 0.1) is 0 Å². The average Bonchev–Trinajstić information content (AvgIpc) is 3.09. The lowest BCUT2D eigenvalue weighted by Gasteiger charge is -2.07. The number of nitrogens with zero attached hydrogens (tertiary/aromatic N) is 2. The van der Waals surface area contributed by atoms with Gasteiger partial charge in [0.15, 0.2) is 5.65 Å². The molecule has 0 spiro atoms. The standard InChI is InChI=1S/C17H12N4OS/c22-16-14-12(13-7-4-10-23-13)8-9-18-15(14)20-17(21-16)19-11-5-2-1-3-6-11/h1-10H,(H2,18,19,20,21,22). The van der Waals surface area contributed by atoms with E-state index in [0.717, 1.165) is 16.1 Å². The fourth-order valence-electron chi connectivity index (χ4n) is 2.42. The number of hydrogen-bond acceptors (Lipinski definition) is 5. The molecule has 1 aromatic carbocycles. The van der Waals surface area contributed by atoms with Crippen molar-refractivity contribution in [2.45, 2.75) is 0 Å².